The Labute approximate surface area is 231 Å². The number of aromatic nitrogens is 3. The van der Waals surface area contributed by atoms with E-state index in [1.807, 2.05) is 27.7 Å². The number of carbonyl (C=O) groups is 2. The molecule has 0 aliphatic carbocycles. The SMILES string of the molecule is CC(C)c1cn([C@H](C(=O)N2C[C@H](O)C[C@H]2C(=O)N[C@@H](CO)c2ccc(-c3cccc(F)c3F)cc2)C(C)C)nn1. The van der Waals surface area contributed by atoms with Gasteiger partial charge in [-0.25, -0.2) is 13.5 Å². The first-order chi connectivity index (χ1) is 19.0. The first-order valence-corrected chi connectivity index (χ1v) is 13.4. The third-order valence-electron chi connectivity index (χ3n) is 7.23. The van der Waals surface area contributed by atoms with E-state index < -0.39 is 48.4 Å². The van der Waals surface area contributed by atoms with E-state index in [4.69, 9.17) is 0 Å². The van der Waals surface area contributed by atoms with Crippen LogP contribution in [0, 0.1) is 17.6 Å². The maximum atomic E-state index is 14.2. The molecule has 3 N–H and O–H groups in total. The van der Waals surface area contributed by atoms with E-state index >= 15 is 0 Å². The van der Waals surface area contributed by atoms with Gasteiger partial charge in [0.05, 0.1) is 24.4 Å². The van der Waals surface area contributed by atoms with Crippen molar-refractivity contribution in [1.29, 1.82) is 0 Å². The van der Waals surface area contributed by atoms with Crippen molar-refractivity contribution < 1.29 is 28.6 Å². The van der Waals surface area contributed by atoms with Gasteiger partial charge in [0, 0.05) is 24.7 Å². The van der Waals surface area contributed by atoms with Gasteiger partial charge in [-0.2, -0.15) is 0 Å². The van der Waals surface area contributed by atoms with Crippen molar-refractivity contribution in [2.45, 2.75) is 64.3 Å². The topological polar surface area (TPSA) is 121 Å². The molecular weight excluding hydrogens is 520 g/mol. The van der Waals surface area contributed by atoms with Gasteiger partial charge in [0.25, 0.3) is 0 Å². The Morgan fingerprint density at radius 2 is 1.80 bits per heavy atom. The number of likely N-dealkylation sites (tertiary alicyclic amines) is 1. The first-order valence-electron chi connectivity index (χ1n) is 13.4. The molecule has 0 saturated carbocycles. The van der Waals surface area contributed by atoms with Gasteiger partial charge in [-0.3, -0.25) is 9.59 Å². The van der Waals surface area contributed by atoms with Gasteiger partial charge in [-0.05, 0) is 29.0 Å². The molecule has 40 heavy (non-hydrogen) atoms. The third-order valence-corrected chi connectivity index (χ3v) is 7.23. The maximum Gasteiger partial charge on any atom is 0.248 e. The largest absolute Gasteiger partial charge is 0.394 e. The summed E-state index contributed by atoms with van der Waals surface area (Å²) in [4.78, 5) is 28.5. The Balaban J connectivity index is 1.51. The zero-order valence-electron chi connectivity index (χ0n) is 23.0. The minimum atomic E-state index is -0.960. The van der Waals surface area contributed by atoms with Gasteiger partial charge in [0.15, 0.2) is 11.6 Å². The average Bonchev–Trinajstić information content (AvgIpc) is 3.56. The van der Waals surface area contributed by atoms with Crippen molar-refractivity contribution in [3.05, 3.63) is 71.6 Å². The fourth-order valence-electron chi connectivity index (χ4n) is 4.99. The monoisotopic (exact) mass is 555 g/mol. The van der Waals surface area contributed by atoms with Gasteiger partial charge in [0.1, 0.15) is 12.1 Å². The Bertz CT molecular complexity index is 1340. The molecule has 4 atom stereocenters. The van der Waals surface area contributed by atoms with Crippen LogP contribution < -0.4 is 5.32 Å². The Morgan fingerprint density at radius 3 is 2.40 bits per heavy atom. The molecule has 0 spiro atoms. The number of benzene rings is 2. The van der Waals surface area contributed by atoms with E-state index in [0.29, 0.717) is 11.1 Å². The first kappa shape index (κ1) is 29.3. The molecule has 0 radical (unpaired) electrons. The summed E-state index contributed by atoms with van der Waals surface area (Å²) in [6.07, 6.45) is 0.894. The zero-order valence-corrected chi connectivity index (χ0v) is 23.0. The summed E-state index contributed by atoms with van der Waals surface area (Å²) in [5, 5.41) is 31.6. The summed E-state index contributed by atoms with van der Waals surface area (Å²) in [5.74, 6) is -2.83. The number of amides is 2. The molecule has 2 amide bonds. The molecule has 1 fully saturated rings. The smallest absolute Gasteiger partial charge is 0.248 e. The number of carbonyl (C=O) groups excluding carboxylic acids is 2. The molecule has 0 unspecified atom stereocenters. The van der Waals surface area contributed by atoms with Crippen LogP contribution in [0.1, 0.15) is 63.4 Å². The van der Waals surface area contributed by atoms with Gasteiger partial charge < -0.3 is 20.4 Å². The molecule has 1 aliphatic rings. The van der Waals surface area contributed by atoms with E-state index in [2.05, 4.69) is 15.6 Å². The van der Waals surface area contributed by atoms with Crippen LogP contribution >= 0.6 is 0 Å². The molecule has 9 nitrogen and oxygen atoms in total. The van der Waals surface area contributed by atoms with Crippen LogP contribution in [0.2, 0.25) is 0 Å². The number of nitrogens with zero attached hydrogens (tertiary/aromatic N) is 4. The van der Waals surface area contributed by atoms with Gasteiger partial charge >= 0.3 is 0 Å². The minimum absolute atomic E-state index is 0.0104. The summed E-state index contributed by atoms with van der Waals surface area (Å²) in [7, 11) is 0. The lowest BCUT2D eigenvalue weighted by Gasteiger charge is -2.30. The summed E-state index contributed by atoms with van der Waals surface area (Å²) in [5.41, 5.74) is 1.81. The van der Waals surface area contributed by atoms with Gasteiger partial charge in [-0.1, -0.05) is 69.3 Å². The van der Waals surface area contributed by atoms with Crippen molar-refractivity contribution in [1.82, 2.24) is 25.2 Å². The second-order valence-corrected chi connectivity index (χ2v) is 10.8. The highest BCUT2D eigenvalue weighted by molar-refractivity contribution is 5.90. The van der Waals surface area contributed by atoms with Gasteiger partial charge in [-0.15, -0.1) is 5.10 Å². The highest BCUT2D eigenvalue weighted by Crippen LogP contribution is 2.29. The number of aliphatic hydroxyl groups is 2. The Hall–Kier alpha value is -3.70. The number of aliphatic hydroxyl groups excluding tert-OH is 2. The van der Waals surface area contributed by atoms with Crippen LogP contribution in [0.4, 0.5) is 8.78 Å². The third kappa shape index (κ3) is 6.05. The standard InChI is InChI=1S/C29H35F2N5O4/c1-16(2)23-14-36(34-33-23)27(17(3)4)29(40)35-13-20(38)12-25(35)28(39)32-24(15-37)19-10-8-18(9-11-19)21-6-5-7-22(30)26(21)31/h5-11,14,16-17,20,24-25,27,37-38H,12-13,15H2,1-4H3,(H,32,39)/t20-,24+,25+,27+/m1/s1. The molecular formula is C29H35F2N5O4. The molecule has 2 heterocycles. The number of halogens is 2. The summed E-state index contributed by atoms with van der Waals surface area (Å²) >= 11 is 0. The molecule has 1 saturated heterocycles. The van der Waals surface area contributed by atoms with E-state index in [0.717, 1.165) is 11.8 Å². The molecule has 0 bridgehead atoms. The molecule has 1 aliphatic heterocycles. The molecule has 3 aromatic rings. The number of hydrogen-bond acceptors (Lipinski definition) is 6. The Morgan fingerprint density at radius 1 is 1.10 bits per heavy atom. The van der Waals surface area contributed by atoms with Crippen LogP contribution in [0.15, 0.2) is 48.7 Å². The lowest BCUT2D eigenvalue weighted by molar-refractivity contribution is -0.142. The molecule has 2 aromatic carbocycles. The van der Waals surface area contributed by atoms with Crippen LogP contribution in [0.3, 0.4) is 0 Å². The highest BCUT2D eigenvalue weighted by atomic mass is 19.2. The number of rotatable bonds is 9. The summed E-state index contributed by atoms with van der Waals surface area (Å²) in [6.45, 7) is 7.26. The number of β-amino-alcohol motifs (C(OH)–C–C–N with tert-alkyl or cyclic N) is 1. The van der Waals surface area contributed by atoms with E-state index in [1.165, 1.54) is 21.7 Å². The van der Waals surface area contributed by atoms with E-state index in [9.17, 15) is 28.6 Å². The Kier molecular flexibility index (Phi) is 8.95. The summed E-state index contributed by atoms with van der Waals surface area (Å²) in [6, 6.07) is 7.80. The van der Waals surface area contributed by atoms with Crippen molar-refractivity contribution in [3.8, 4) is 11.1 Å². The van der Waals surface area contributed by atoms with E-state index in [-0.39, 0.29) is 36.3 Å². The van der Waals surface area contributed by atoms with Crippen molar-refractivity contribution in [3.63, 3.8) is 0 Å². The lowest BCUT2D eigenvalue weighted by Crippen LogP contribution is -2.50. The molecule has 4 rings (SSSR count). The maximum absolute atomic E-state index is 14.2. The molecule has 1 aromatic heterocycles. The van der Waals surface area contributed by atoms with Crippen LogP contribution in [0.5, 0.6) is 0 Å². The van der Waals surface area contributed by atoms with Crippen molar-refractivity contribution in [2.75, 3.05) is 13.2 Å². The lowest BCUT2D eigenvalue weighted by atomic mass is 10.00. The van der Waals surface area contributed by atoms with Crippen molar-refractivity contribution in [2.24, 2.45) is 5.92 Å². The molecule has 11 heteroatoms. The van der Waals surface area contributed by atoms with Gasteiger partial charge in [0.2, 0.25) is 11.8 Å². The fraction of sp³-hybridized carbons (Fsp3) is 0.448. The summed E-state index contributed by atoms with van der Waals surface area (Å²) < 4.78 is 29.4. The predicted molar refractivity (Wildman–Crippen MR) is 144 cm³/mol. The number of hydrogen-bond donors (Lipinski definition) is 3. The normalized spacial score (nSPS) is 18.8. The van der Waals surface area contributed by atoms with Crippen LogP contribution in [-0.4, -0.2) is 67.2 Å². The quantitative estimate of drug-likeness (QED) is 0.373. The van der Waals surface area contributed by atoms with Crippen molar-refractivity contribution >= 4 is 11.8 Å². The second-order valence-electron chi connectivity index (χ2n) is 10.8. The average molecular weight is 556 g/mol. The van der Waals surface area contributed by atoms with E-state index in [1.54, 1.807) is 30.5 Å². The zero-order chi connectivity index (χ0) is 29.1. The minimum Gasteiger partial charge on any atom is -0.394 e. The van der Waals surface area contributed by atoms with Crippen LogP contribution in [-0.2, 0) is 9.59 Å². The fourth-order valence-corrected chi connectivity index (χ4v) is 4.99. The second kappa shape index (κ2) is 12.2. The highest BCUT2D eigenvalue weighted by Gasteiger charge is 2.43. The number of nitrogens with one attached hydrogen (secondary N) is 1. The predicted octanol–water partition coefficient (Wildman–Crippen LogP) is 3.36. The van der Waals surface area contributed by atoms with Crippen LogP contribution in [0.25, 0.3) is 11.1 Å². The molecule has 214 valence electrons.